The van der Waals surface area contributed by atoms with Crippen LogP contribution in [0.15, 0.2) is 48.5 Å². The highest BCUT2D eigenvalue weighted by molar-refractivity contribution is 6.30. The molecule has 0 spiro atoms. The predicted octanol–water partition coefficient (Wildman–Crippen LogP) is 5.21. The zero-order valence-corrected chi connectivity index (χ0v) is 15.4. The average Bonchev–Trinajstić information content (AvgIpc) is 2.63. The molecule has 0 saturated carbocycles. The monoisotopic (exact) mass is 396 g/mol. The Kier molecular flexibility index (Phi) is 6.07. The molecular weight excluding hydrogens is 377 g/mol. The van der Waals surface area contributed by atoms with Crippen molar-refractivity contribution < 1.29 is 18.0 Å². The molecule has 2 aromatic carbocycles. The molecular formula is C20H20ClF3N2O. The number of hydrogen-bond acceptors (Lipinski definition) is 2. The van der Waals surface area contributed by atoms with E-state index in [-0.39, 0.29) is 17.5 Å². The molecule has 1 atom stereocenters. The first-order chi connectivity index (χ1) is 12.8. The number of nitrogens with zero attached hydrogens (tertiary/aromatic N) is 1. The molecule has 1 aliphatic heterocycles. The highest BCUT2D eigenvalue weighted by Gasteiger charge is 2.34. The summed E-state index contributed by atoms with van der Waals surface area (Å²) in [7, 11) is 0. The van der Waals surface area contributed by atoms with Crippen LogP contribution in [-0.2, 0) is 17.5 Å². The number of halogens is 4. The molecule has 0 bridgehead atoms. The molecule has 0 radical (unpaired) electrons. The molecule has 27 heavy (non-hydrogen) atoms. The van der Waals surface area contributed by atoms with Gasteiger partial charge in [0.05, 0.1) is 17.2 Å². The maximum absolute atomic E-state index is 13.1. The zero-order valence-electron chi connectivity index (χ0n) is 14.6. The molecule has 0 aliphatic carbocycles. The second-order valence-corrected chi connectivity index (χ2v) is 7.17. The standard InChI is InChI=1S/C20H20ClF3N2O/c21-16-9-7-14(8-10-16)12-26-11-3-4-15(13-26)19(27)25-18-6-2-1-5-17(18)20(22,23)24/h1-2,5-10,15H,3-4,11-13H2,(H,25,27). The number of carbonyl (C=O) groups is 1. The third-order valence-electron chi connectivity index (χ3n) is 4.69. The van der Waals surface area contributed by atoms with Gasteiger partial charge in [0, 0.05) is 18.1 Å². The summed E-state index contributed by atoms with van der Waals surface area (Å²) in [4.78, 5) is 14.7. The number of piperidine rings is 1. The van der Waals surface area contributed by atoms with Crippen molar-refractivity contribution in [2.45, 2.75) is 25.6 Å². The summed E-state index contributed by atoms with van der Waals surface area (Å²) in [6.45, 7) is 2.05. The van der Waals surface area contributed by atoms with Crippen molar-refractivity contribution >= 4 is 23.2 Å². The number of benzene rings is 2. The Morgan fingerprint density at radius 2 is 1.85 bits per heavy atom. The van der Waals surface area contributed by atoms with E-state index in [0.717, 1.165) is 24.6 Å². The van der Waals surface area contributed by atoms with E-state index in [4.69, 9.17) is 11.6 Å². The van der Waals surface area contributed by atoms with Crippen molar-refractivity contribution in [1.29, 1.82) is 0 Å². The van der Waals surface area contributed by atoms with Crippen LogP contribution in [0.2, 0.25) is 5.02 Å². The Hall–Kier alpha value is -2.05. The molecule has 7 heteroatoms. The first-order valence-electron chi connectivity index (χ1n) is 8.77. The van der Waals surface area contributed by atoms with Gasteiger partial charge in [-0.05, 0) is 49.2 Å². The maximum Gasteiger partial charge on any atom is 0.418 e. The first-order valence-corrected chi connectivity index (χ1v) is 9.14. The van der Waals surface area contributed by atoms with Crippen LogP contribution < -0.4 is 5.32 Å². The van der Waals surface area contributed by atoms with Gasteiger partial charge in [-0.25, -0.2) is 0 Å². The number of carbonyl (C=O) groups excluding carboxylic acids is 1. The number of alkyl halides is 3. The maximum atomic E-state index is 13.1. The summed E-state index contributed by atoms with van der Waals surface area (Å²) in [5.74, 6) is -0.708. The van der Waals surface area contributed by atoms with E-state index in [2.05, 4.69) is 10.2 Å². The van der Waals surface area contributed by atoms with Crippen molar-refractivity contribution in [2.24, 2.45) is 5.92 Å². The normalized spacial score (nSPS) is 18.3. The van der Waals surface area contributed by atoms with Crippen molar-refractivity contribution in [1.82, 2.24) is 4.90 Å². The second kappa shape index (κ2) is 8.31. The van der Waals surface area contributed by atoms with Crippen LogP contribution in [0.25, 0.3) is 0 Å². The van der Waals surface area contributed by atoms with Crippen molar-refractivity contribution in [3.05, 3.63) is 64.7 Å². The Balaban J connectivity index is 1.64. The first kappa shape index (κ1) is 19.7. The van der Waals surface area contributed by atoms with Gasteiger partial charge in [-0.2, -0.15) is 13.2 Å². The van der Waals surface area contributed by atoms with Gasteiger partial charge < -0.3 is 5.32 Å². The van der Waals surface area contributed by atoms with Crippen molar-refractivity contribution in [3.63, 3.8) is 0 Å². The van der Waals surface area contributed by atoms with E-state index in [1.807, 2.05) is 24.3 Å². The smallest absolute Gasteiger partial charge is 0.325 e. The minimum atomic E-state index is -4.50. The highest BCUT2D eigenvalue weighted by atomic mass is 35.5. The molecule has 144 valence electrons. The third-order valence-corrected chi connectivity index (χ3v) is 4.94. The fourth-order valence-electron chi connectivity index (χ4n) is 3.34. The lowest BCUT2D eigenvalue weighted by atomic mass is 9.96. The van der Waals surface area contributed by atoms with Gasteiger partial charge in [-0.1, -0.05) is 35.9 Å². The third kappa shape index (κ3) is 5.23. The summed E-state index contributed by atoms with van der Waals surface area (Å²) in [6, 6.07) is 12.6. The zero-order chi connectivity index (χ0) is 19.4. The van der Waals surface area contributed by atoms with Crippen LogP contribution in [-0.4, -0.2) is 23.9 Å². The largest absolute Gasteiger partial charge is 0.418 e. The lowest BCUT2D eigenvalue weighted by Gasteiger charge is -2.32. The van der Waals surface area contributed by atoms with Crippen LogP contribution in [0.5, 0.6) is 0 Å². The number of amides is 1. The Bertz CT molecular complexity index is 793. The van der Waals surface area contributed by atoms with Crippen LogP contribution in [0.4, 0.5) is 18.9 Å². The van der Waals surface area contributed by atoms with Gasteiger partial charge in [0.2, 0.25) is 5.91 Å². The number of para-hydroxylation sites is 1. The molecule has 1 heterocycles. The molecule has 1 saturated heterocycles. The quantitative estimate of drug-likeness (QED) is 0.769. The summed E-state index contributed by atoms with van der Waals surface area (Å²) < 4.78 is 39.3. The van der Waals surface area contributed by atoms with Gasteiger partial charge in [-0.15, -0.1) is 0 Å². The molecule has 3 nitrogen and oxygen atoms in total. The van der Waals surface area contributed by atoms with Crippen LogP contribution in [0, 0.1) is 5.92 Å². The fourth-order valence-corrected chi connectivity index (χ4v) is 3.46. The molecule has 3 rings (SSSR count). The van der Waals surface area contributed by atoms with Gasteiger partial charge >= 0.3 is 6.18 Å². The lowest BCUT2D eigenvalue weighted by molar-refractivity contribution is -0.137. The summed E-state index contributed by atoms with van der Waals surface area (Å²) >= 11 is 5.89. The van der Waals surface area contributed by atoms with E-state index in [9.17, 15) is 18.0 Å². The Morgan fingerprint density at radius 1 is 1.15 bits per heavy atom. The second-order valence-electron chi connectivity index (χ2n) is 6.73. The minimum Gasteiger partial charge on any atom is -0.325 e. The van der Waals surface area contributed by atoms with Crippen molar-refractivity contribution in [3.8, 4) is 0 Å². The number of hydrogen-bond donors (Lipinski definition) is 1. The lowest BCUT2D eigenvalue weighted by Crippen LogP contribution is -2.40. The van der Waals surface area contributed by atoms with E-state index in [1.165, 1.54) is 18.2 Å². The number of nitrogens with one attached hydrogen (secondary N) is 1. The summed E-state index contributed by atoms with van der Waals surface area (Å²) in [5.41, 5.74) is 0.0693. The number of likely N-dealkylation sites (tertiary alicyclic amines) is 1. The fraction of sp³-hybridized carbons (Fsp3) is 0.350. The molecule has 2 aromatic rings. The Morgan fingerprint density at radius 3 is 2.56 bits per heavy atom. The molecule has 1 unspecified atom stereocenters. The summed E-state index contributed by atoms with van der Waals surface area (Å²) in [5, 5.41) is 3.14. The average molecular weight is 397 g/mol. The van der Waals surface area contributed by atoms with E-state index in [1.54, 1.807) is 0 Å². The predicted molar refractivity (Wildman–Crippen MR) is 99.5 cm³/mol. The molecule has 0 aromatic heterocycles. The van der Waals surface area contributed by atoms with Gasteiger partial charge in [0.1, 0.15) is 0 Å². The number of rotatable bonds is 4. The van der Waals surface area contributed by atoms with Crippen LogP contribution in [0.3, 0.4) is 0 Å². The SMILES string of the molecule is O=C(Nc1ccccc1C(F)(F)F)C1CCCN(Cc2ccc(Cl)cc2)C1. The molecule has 1 amide bonds. The molecule has 1 N–H and O–H groups in total. The number of anilines is 1. The van der Waals surface area contributed by atoms with Crippen LogP contribution >= 0.6 is 11.6 Å². The summed E-state index contributed by atoms with van der Waals surface area (Å²) in [6.07, 6.45) is -3.01. The van der Waals surface area contributed by atoms with Crippen molar-refractivity contribution in [2.75, 3.05) is 18.4 Å². The van der Waals surface area contributed by atoms with Gasteiger partial charge in [-0.3, -0.25) is 9.69 Å². The minimum absolute atomic E-state index is 0.190. The van der Waals surface area contributed by atoms with Crippen LogP contribution in [0.1, 0.15) is 24.0 Å². The molecule has 1 fully saturated rings. The Labute approximate surface area is 161 Å². The van der Waals surface area contributed by atoms with Gasteiger partial charge in [0.25, 0.3) is 0 Å². The van der Waals surface area contributed by atoms with Gasteiger partial charge in [0.15, 0.2) is 0 Å². The highest BCUT2D eigenvalue weighted by Crippen LogP contribution is 2.35. The topological polar surface area (TPSA) is 32.3 Å². The molecule has 1 aliphatic rings. The van der Waals surface area contributed by atoms with E-state index >= 15 is 0 Å². The van der Waals surface area contributed by atoms with E-state index in [0.29, 0.717) is 24.5 Å². The van der Waals surface area contributed by atoms with E-state index < -0.39 is 11.7 Å².